The number of benzene rings is 3. The van der Waals surface area contributed by atoms with E-state index in [4.69, 9.17) is 0 Å². The monoisotopic (exact) mass is 419 g/mol. The van der Waals surface area contributed by atoms with Crippen molar-refractivity contribution in [3.05, 3.63) is 72.0 Å². The molecule has 1 saturated heterocycles. The van der Waals surface area contributed by atoms with Crippen LogP contribution in [0.15, 0.2) is 60.7 Å². The van der Waals surface area contributed by atoms with Crippen LogP contribution in [0.4, 0.5) is 15.8 Å². The zero-order valence-corrected chi connectivity index (χ0v) is 17.5. The Morgan fingerprint density at radius 3 is 2.52 bits per heavy atom. The van der Waals surface area contributed by atoms with Gasteiger partial charge in [0.1, 0.15) is 5.82 Å². The number of nitrogens with zero attached hydrogens (tertiary/aromatic N) is 1. The summed E-state index contributed by atoms with van der Waals surface area (Å²) in [5.74, 6) is -0.621. The summed E-state index contributed by atoms with van der Waals surface area (Å²) in [7, 11) is 0. The molecule has 3 aromatic rings. The lowest BCUT2D eigenvalue weighted by molar-refractivity contribution is -0.121. The second-order valence-electron chi connectivity index (χ2n) is 8.08. The fourth-order valence-corrected chi connectivity index (χ4v) is 4.00. The topological polar surface area (TPSA) is 61.4 Å². The first-order chi connectivity index (χ1) is 15.0. The van der Waals surface area contributed by atoms with Crippen LogP contribution in [-0.4, -0.2) is 36.3 Å². The average molecular weight is 420 g/mol. The smallest absolute Gasteiger partial charge is 0.238 e. The van der Waals surface area contributed by atoms with Crippen molar-refractivity contribution in [2.24, 2.45) is 5.92 Å². The standard InChI is InChI=1S/C25H26FN3O2/c1-17-9-10-20(15-22(17)26)27-25(31)19-11-13-29(14-12-19)16-24(30)28-23-8-4-6-18-5-2-3-7-21(18)23/h2-10,15,19H,11-14,16H2,1H3,(H,27,31)(H,28,30). The van der Waals surface area contributed by atoms with Gasteiger partial charge in [0.25, 0.3) is 0 Å². The molecule has 1 heterocycles. The molecule has 2 amide bonds. The van der Waals surface area contributed by atoms with E-state index in [9.17, 15) is 14.0 Å². The molecule has 0 radical (unpaired) electrons. The third kappa shape index (κ3) is 5.09. The van der Waals surface area contributed by atoms with Gasteiger partial charge in [-0.1, -0.05) is 42.5 Å². The summed E-state index contributed by atoms with van der Waals surface area (Å²) in [6.07, 6.45) is 1.34. The molecular formula is C25H26FN3O2. The van der Waals surface area contributed by atoms with Gasteiger partial charge < -0.3 is 10.6 Å². The van der Waals surface area contributed by atoms with Gasteiger partial charge in [0.15, 0.2) is 0 Å². The molecule has 0 unspecified atom stereocenters. The number of nitrogens with one attached hydrogen (secondary N) is 2. The maximum atomic E-state index is 13.7. The number of amides is 2. The lowest BCUT2D eigenvalue weighted by Gasteiger charge is -2.30. The molecule has 3 aromatic carbocycles. The van der Waals surface area contributed by atoms with Crippen molar-refractivity contribution < 1.29 is 14.0 Å². The third-order valence-corrected chi connectivity index (χ3v) is 5.83. The number of anilines is 2. The van der Waals surface area contributed by atoms with E-state index in [0.29, 0.717) is 43.7 Å². The summed E-state index contributed by atoms with van der Waals surface area (Å²) < 4.78 is 13.7. The lowest BCUT2D eigenvalue weighted by atomic mass is 9.95. The first-order valence-corrected chi connectivity index (χ1v) is 10.6. The summed E-state index contributed by atoms with van der Waals surface area (Å²) >= 11 is 0. The van der Waals surface area contributed by atoms with E-state index >= 15 is 0 Å². The summed E-state index contributed by atoms with van der Waals surface area (Å²) in [5, 5.41) is 7.92. The molecule has 0 bridgehead atoms. The number of hydrogen-bond acceptors (Lipinski definition) is 3. The lowest BCUT2D eigenvalue weighted by Crippen LogP contribution is -2.41. The minimum atomic E-state index is -0.329. The molecule has 31 heavy (non-hydrogen) atoms. The highest BCUT2D eigenvalue weighted by molar-refractivity contribution is 6.02. The number of hydrogen-bond donors (Lipinski definition) is 2. The number of carbonyl (C=O) groups is 2. The second kappa shape index (κ2) is 9.27. The van der Waals surface area contributed by atoms with Gasteiger partial charge in [-0.3, -0.25) is 14.5 Å². The Balaban J connectivity index is 1.28. The highest BCUT2D eigenvalue weighted by Crippen LogP contribution is 2.24. The van der Waals surface area contributed by atoms with E-state index in [1.54, 1.807) is 19.1 Å². The first kappa shape index (κ1) is 21.0. The maximum absolute atomic E-state index is 13.7. The number of likely N-dealkylation sites (tertiary alicyclic amines) is 1. The summed E-state index contributed by atoms with van der Waals surface area (Å²) in [5.41, 5.74) is 1.83. The van der Waals surface area contributed by atoms with Crippen molar-refractivity contribution in [1.82, 2.24) is 4.90 Å². The molecule has 5 nitrogen and oxygen atoms in total. The molecule has 0 aromatic heterocycles. The predicted molar refractivity (Wildman–Crippen MR) is 122 cm³/mol. The van der Waals surface area contributed by atoms with Crippen LogP contribution < -0.4 is 10.6 Å². The Bertz CT molecular complexity index is 1100. The highest BCUT2D eigenvalue weighted by atomic mass is 19.1. The van der Waals surface area contributed by atoms with Crippen molar-refractivity contribution in [2.75, 3.05) is 30.3 Å². The molecule has 0 saturated carbocycles. The number of fused-ring (bicyclic) bond motifs is 1. The van der Waals surface area contributed by atoms with Gasteiger partial charge in [0.2, 0.25) is 11.8 Å². The van der Waals surface area contributed by atoms with E-state index in [-0.39, 0.29) is 23.5 Å². The molecule has 0 aliphatic carbocycles. The number of rotatable bonds is 5. The van der Waals surface area contributed by atoms with Crippen molar-refractivity contribution in [3.8, 4) is 0 Å². The molecule has 0 spiro atoms. The summed E-state index contributed by atoms with van der Waals surface area (Å²) in [6.45, 7) is 3.32. The van der Waals surface area contributed by atoms with E-state index < -0.39 is 0 Å². The van der Waals surface area contributed by atoms with Crippen LogP contribution in [0.2, 0.25) is 0 Å². The van der Waals surface area contributed by atoms with Crippen LogP contribution in [0.25, 0.3) is 10.8 Å². The Morgan fingerprint density at radius 2 is 1.74 bits per heavy atom. The largest absolute Gasteiger partial charge is 0.326 e. The van der Waals surface area contributed by atoms with Crippen LogP contribution in [0.1, 0.15) is 18.4 Å². The minimum absolute atomic E-state index is 0.0608. The molecule has 1 fully saturated rings. The number of piperidine rings is 1. The van der Waals surface area contributed by atoms with Gasteiger partial charge in [-0.2, -0.15) is 0 Å². The molecule has 1 aliphatic heterocycles. The molecule has 1 aliphatic rings. The predicted octanol–water partition coefficient (Wildman–Crippen LogP) is 4.58. The Kier molecular flexibility index (Phi) is 6.28. The fraction of sp³-hybridized carbons (Fsp3) is 0.280. The van der Waals surface area contributed by atoms with Crippen LogP contribution in [0.5, 0.6) is 0 Å². The van der Waals surface area contributed by atoms with Crippen LogP contribution in [0, 0.1) is 18.7 Å². The van der Waals surface area contributed by atoms with Gasteiger partial charge in [0, 0.05) is 22.7 Å². The molecule has 6 heteroatoms. The van der Waals surface area contributed by atoms with Gasteiger partial charge in [-0.25, -0.2) is 4.39 Å². The molecule has 160 valence electrons. The number of halogens is 1. The van der Waals surface area contributed by atoms with Crippen molar-refractivity contribution >= 4 is 34.0 Å². The Labute approximate surface area is 181 Å². The Hall–Kier alpha value is -3.25. The van der Waals surface area contributed by atoms with Crippen molar-refractivity contribution in [3.63, 3.8) is 0 Å². The minimum Gasteiger partial charge on any atom is -0.326 e. The first-order valence-electron chi connectivity index (χ1n) is 10.6. The number of carbonyl (C=O) groups excluding carboxylic acids is 2. The maximum Gasteiger partial charge on any atom is 0.238 e. The summed E-state index contributed by atoms with van der Waals surface area (Å²) in [6, 6.07) is 18.5. The fourth-order valence-electron chi connectivity index (χ4n) is 4.00. The Morgan fingerprint density at radius 1 is 1.00 bits per heavy atom. The summed E-state index contributed by atoms with van der Waals surface area (Å²) in [4.78, 5) is 27.2. The third-order valence-electron chi connectivity index (χ3n) is 5.83. The molecule has 0 atom stereocenters. The highest BCUT2D eigenvalue weighted by Gasteiger charge is 2.26. The number of aryl methyl sites for hydroxylation is 1. The zero-order valence-electron chi connectivity index (χ0n) is 17.5. The van der Waals surface area contributed by atoms with Crippen molar-refractivity contribution in [1.29, 1.82) is 0 Å². The van der Waals surface area contributed by atoms with Gasteiger partial charge in [-0.05, 0) is 62.0 Å². The second-order valence-corrected chi connectivity index (χ2v) is 8.08. The van der Waals surface area contributed by atoms with Gasteiger partial charge >= 0.3 is 0 Å². The van der Waals surface area contributed by atoms with Gasteiger partial charge in [-0.15, -0.1) is 0 Å². The van der Waals surface area contributed by atoms with E-state index in [1.165, 1.54) is 6.07 Å². The van der Waals surface area contributed by atoms with E-state index in [2.05, 4.69) is 15.5 Å². The van der Waals surface area contributed by atoms with E-state index in [1.807, 2.05) is 42.5 Å². The van der Waals surface area contributed by atoms with Crippen molar-refractivity contribution in [2.45, 2.75) is 19.8 Å². The molecule has 4 rings (SSSR count). The van der Waals surface area contributed by atoms with Gasteiger partial charge in [0.05, 0.1) is 6.54 Å². The zero-order chi connectivity index (χ0) is 21.8. The quantitative estimate of drug-likeness (QED) is 0.637. The van der Waals surface area contributed by atoms with Crippen LogP contribution >= 0.6 is 0 Å². The molecule has 2 N–H and O–H groups in total. The van der Waals surface area contributed by atoms with Crippen LogP contribution in [-0.2, 0) is 9.59 Å². The van der Waals surface area contributed by atoms with Crippen LogP contribution in [0.3, 0.4) is 0 Å². The average Bonchev–Trinajstić information content (AvgIpc) is 2.77. The SMILES string of the molecule is Cc1ccc(NC(=O)C2CCN(CC(=O)Nc3cccc4ccccc34)CC2)cc1F. The van der Waals surface area contributed by atoms with E-state index in [0.717, 1.165) is 16.5 Å². The normalized spacial score (nSPS) is 15.0. The molecular weight excluding hydrogens is 393 g/mol.